The number of hydrogen-bond acceptors (Lipinski definition) is 6. The fourth-order valence-corrected chi connectivity index (χ4v) is 10.9. The Bertz CT molecular complexity index is 1210. The number of sulfonamides is 1. The average Bonchev–Trinajstić information content (AvgIpc) is 3.75. The van der Waals surface area contributed by atoms with Crippen LogP contribution in [0.15, 0.2) is 0 Å². The van der Waals surface area contributed by atoms with Gasteiger partial charge in [-0.3, -0.25) is 19.1 Å². The number of nitrogens with two attached hydrogens (primary N) is 1. The maximum absolute atomic E-state index is 14.2. The third kappa shape index (κ3) is 3.91. The number of likely N-dealkylation sites (tertiary alicyclic amines) is 1. The van der Waals surface area contributed by atoms with Crippen molar-refractivity contribution in [3.05, 3.63) is 0 Å². The molecular weight excluding hydrogens is 526 g/mol. The number of amides is 2. The molecule has 4 aliphatic carbocycles. The van der Waals surface area contributed by atoms with Gasteiger partial charge in [-0.15, -0.1) is 0 Å². The van der Waals surface area contributed by atoms with Crippen molar-refractivity contribution in [3.8, 4) is 0 Å². The molecule has 0 aromatic carbocycles. The molecule has 0 aromatic rings. The maximum Gasteiger partial charge on any atom is 0.240 e. The van der Waals surface area contributed by atoms with Crippen LogP contribution in [0.4, 0.5) is 0 Å². The first-order valence-electron chi connectivity index (χ1n) is 15.6. The Balaban J connectivity index is 1.40. The van der Waals surface area contributed by atoms with Crippen molar-refractivity contribution in [1.82, 2.24) is 9.62 Å². The number of carbonyl (C=O) groups is 3. The van der Waals surface area contributed by atoms with Crippen LogP contribution in [0.25, 0.3) is 0 Å². The molecule has 0 aromatic heterocycles. The number of carbonyl (C=O) groups excluding carboxylic acids is 3. The molecule has 0 bridgehead atoms. The number of Topliss-reactive ketones (excluding diaryl/α,β-unsaturated/α-hetero) is 1. The lowest BCUT2D eigenvalue weighted by atomic mass is 9.73. The Kier molecular flexibility index (Phi) is 6.76. The Morgan fingerprint density at radius 3 is 2.08 bits per heavy atom. The highest BCUT2D eigenvalue weighted by atomic mass is 32.2. The molecule has 0 radical (unpaired) electrons. The molecule has 2 amide bonds. The van der Waals surface area contributed by atoms with Gasteiger partial charge in [0.05, 0.1) is 22.2 Å². The predicted octanol–water partition coefficient (Wildman–Crippen LogP) is 4.31. The van der Waals surface area contributed by atoms with Gasteiger partial charge in [0.15, 0.2) is 5.78 Å². The summed E-state index contributed by atoms with van der Waals surface area (Å²) >= 11 is 0. The molecule has 2 spiro atoms. The molecule has 0 unspecified atom stereocenters. The van der Waals surface area contributed by atoms with Gasteiger partial charge in [-0.05, 0) is 67.1 Å². The lowest BCUT2D eigenvalue weighted by molar-refractivity contribution is -0.141. The molecule has 1 saturated heterocycles. The van der Waals surface area contributed by atoms with E-state index in [4.69, 9.17) is 5.73 Å². The first kappa shape index (κ1) is 30.0. The Labute approximate surface area is 241 Å². The van der Waals surface area contributed by atoms with Crippen LogP contribution in [-0.2, 0) is 24.4 Å². The highest BCUT2D eigenvalue weighted by Crippen LogP contribution is 2.88. The van der Waals surface area contributed by atoms with Crippen LogP contribution in [0.2, 0.25) is 0 Å². The fraction of sp³-hybridized carbons (Fsp3) is 0.903. The third-order valence-electron chi connectivity index (χ3n) is 12.6. The maximum atomic E-state index is 14.2. The molecule has 5 aliphatic rings. The molecular formula is C31H51N3O5S. The fourth-order valence-electron chi connectivity index (χ4n) is 9.17. The van der Waals surface area contributed by atoms with E-state index in [-0.39, 0.29) is 40.3 Å². The Morgan fingerprint density at radius 2 is 1.65 bits per heavy atom. The van der Waals surface area contributed by atoms with Gasteiger partial charge < -0.3 is 10.6 Å². The molecule has 40 heavy (non-hydrogen) atoms. The summed E-state index contributed by atoms with van der Waals surface area (Å²) in [5.41, 5.74) is 5.07. The lowest BCUT2D eigenvalue weighted by Crippen LogP contribution is -2.54. The second-order valence-corrected chi connectivity index (χ2v) is 17.7. The van der Waals surface area contributed by atoms with Crippen LogP contribution >= 0.6 is 0 Å². The normalized spacial score (nSPS) is 35.2. The minimum absolute atomic E-state index is 0.0314. The second-order valence-electron chi connectivity index (χ2n) is 15.6. The summed E-state index contributed by atoms with van der Waals surface area (Å²) < 4.78 is 28.0. The molecule has 1 heterocycles. The largest absolute Gasteiger partial charge is 0.331 e. The van der Waals surface area contributed by atoms with Crippen molar-refractivity contribution < 1.29 is 22.8 Å². The number of ketones is 1. The SMILES string of the molecule is CCCC1(S(=O)(=O)NC(=O)[C@@]2(CC(=O)[C@@H]3C[C@@]4(CN3C(=O)[C@@H](N)C(C)(C)C)C(C)(C)C43CCC3)C[C@H]2CC)CC1. The topological polar surface area (TPSA) is 127 Å². The molecule has 5 atom stereocenters. The summed E-state index contributed by atoms with van der Waals surface area (Å²) in [6.07, 6.45) is 7.59. The minimum Gasteiger partial charge on any atom is -0.331 e. The van der Waals surface area contributed by atoms with E-state index in [1.165, 1.54) is 6.42 Å². The van der Waals surface area contributed by atoms with E-state index in [9.17, 15) is 22.8 Å². The van der Waals surface area contributed by atoms with Gasteiger partial charge >= 0.3 is 0 Å². The van der Waals surface area contributed by atoms with E-state index in [0.717, 1.165) is 19.3 Å². The van der Waals surface area contributed by atoms with Crippen molar-refractivity contribution in [2.75, 3.05) is 6.54 Å². The van der Waals surface area contributed by atoms with Crippen molar-refractivity contribution in [3.63, 3.8) is 0 Å². The van der Waals surface area contributed by atoms with Gasteiger partial charge in [-0.1, -0.05) is 67.7 Å². The van der Waals surface area contributed by atoms with Crippen LogP contribution in [0.3, 0.4) is 0 Å². The third-order valence-corrected chi connectivity index (χ3v) is 14.8. The monoisotopic (exact) mass is 577 g/mol. The summed E-state index contributed by atoms with van der Waals surface area (Å²) in [5, 5.41) is 0. The number of fused-ring (bicyclic) bond motifs is 1. The van der Waals surface area contributed by atoms with Gasteiger partial charge in [0.2, 0.25) is 21.8 Å². The summed E-state index contributed by atoms with van der Waals surface area (Å²) in [7, 11) is -3.82. The zero-order valence-corrected chi connectivity index (χ0v) is 26.5. The first-order valence-corrected chi connectivity index (χ1v) is 17.0. The second kappa shape index (κ2) is 9.01. The van der Waals surface area contributed by atoms with E-state index in [1.807, 2.05) is 34.6 Å². The molecule has 3 N–H and O–H groups in total. The zero-order chi connectivity index (χ0) is 29.7. The average molecular weight is 578 g/mol. The summed E-state index contributed by atoms with van der Waals surface area (Å²) in [4.78, 5) is 43.5. The standard InChI is InChI=1S/C31H51N3O5S/c1-8-11-28(14-15-28)40(38,39)33-25(37)29(16-20(29)9-2)18-22(35)21-17-31(27(6,7)30(31)12-10-13-30)19-34(21)24(36)23(32)26(3,4)5/h20-21,23H,8-19,32H2,1-7H3,(H,33,37)/t20-,21+,23-,29-,31-/m1/s1. The Hall–Kier alpha value is -1.48. The minimum atomic E-state index is -3.82. The smallest absolute Gasteiger partial charge is 0.240 e. The first-order chi connectivity index (χ1) is 18.4. The van der Waals surface area contributed by atoms with E-state index in [1.54, 1.807) is 4.90 Å². The highest BCUT2D eigenvalue weighted by molar-refractivity contribution is 7.91. The number of hydrogen-bond donors (Lipinski definition) is 2. The van der Waals surface area contributed by atoms with E-state index in [2.05, 4.69) is 18.6 Å². The molecule has 4 saturated carbocycles. The number of rotatable bonds is 10. The molecule has 226 valence electrons. The van der Waals surface area contributed by atoms with Gasteiger partial charge in [0, 0.05) is 18.4 Å². The van der Waals surface area contributed by atoms with Crippen molar-refractivity contribution in [1.29, 1.82) is 0 Å². The number of nitrogens with one attached hydrogen (secondary N) is 1. The van der Waals surface area contributed by atoms with Crippen molar-refractivity contribution >= 4 is 27.6 Å². The molecule has 5 fully saturated rings. The van der Waals surface area contributed by atoms with Crippen LogP contribution in [0.1, 0.15) is 119 Å². The van der Waals surface area contributed by atoms with E-state index in [0.29, 0.717) is 45.1 Å². The highest BCUT2D eigenvalue weighted by Gasteiger charge is 2.85. The van der Waals surface area contributed by atoms with Crippen LogP contribution < -0.4 is 10.5 Å². The van der Waals surface area contributed by atoms with Crippen molar-refractivity contribution in [2.45, 2.75) is 136 Å². The zero-order valence-electron chi connectivity index (χ0n) is 25.7. The quantitative estimate of drug-likeness (QED) is 0.398. The Morgan fingerprint density at radius 1 is 1.02 bits per heavy atom. The lowest BCUT2D eigenvalue weighted by Gasteiger charge is -2.33. The van der Waals surface area contributed by atoms with Gasteiger partial charge in [-0.2, -0.15) is 0 Å². The number of nitrogens with zero attached hydrogens (tertiary/aromatic N) is 1. The van der Waals surface area contributed by atoms with Crippen LogP contribution in [-0.4, -0.2) is 54.3 Å². The van der Waals surface area contributed by atoms with Crippen molar-refractivity contribution in [2.24, 2.45) is 38.7 Å². The molecule has 9 heteroatoms. The molecule has 1 aliphatic heterocycles. The predicted molar refractivity (Wildman–Crippen MR) is 154 cm³/mol. The summed E-state index contributed by atoms with van der Waals surface area (Å²) in [6, 6.07) is -1.37. The summed E-state index contributed by atoms with van der Waals surface area (Å²) in [5.74, 6) is -0.894. The van der Waals surface area contributed by atoms with Gasteiger partial charge in [0.25, 0.3) is 0 Å². The molecule has 8 nitrogen and oxygen atoms in total. The van der Waals surface area contributed by atoms with E-state index >= 15 is 0 Å². The van der Waals surface area contributed by atoms with Gasteiger partial charge in [-0.25, -0.2) is 8.42 Å². The molecule has 5 rings (SSSR count). The van der Waals surface area contributed by atoms with Crippen LogP contribution in [0, 0.1) is 33.0 Å². The summed E-state index contributed by atoms with van der Waals surface area (Å²) in [6.45, 7) is 14.8. The van der Waals surface area contributed by atoms with Gasteiger partial charge in [0.1, 0.15) is 0 Å². The van der Waals surface area contributed by atoms with Crippen LogP contribution in [0.5, 0.6) is 0 Å². The van der Waals surface area contributed by atoms with E-state index < -0.39 is 43.6 Å².